The minimum absolute atomic E-state index is 0.0626. The highest BCUT2D eigenvalue weighted by atomic mass is 16.5. The van der Waals surface area contributed by atoms with E-state index in [9.17, 15) is 9.59 Å². The fourth-order valence-electron chi connectivity index (χ4n) is 2.54. The van der Waals surface area contributed by atoms with E-state index < -0.39 is 0 Å². The molecule has 0 fully saturated rings. The fraction of sp³-hybridized carbons (Fsp3) is 0.412. The maximum atomic E-state index is 12.2. The van der Waals surface area contributed by atoms with E-state index in [-0.39, 0.29) is 17.7 Å². The van der Waals surface area contributed by atoms with Crippen LogP contribution in [0.2, 0.25) is 0 Å². The number of esters is 1. The Kier molecular flexibility index (Phi) is 5.14. The van der Waals surface area contributed by atoms with Gasteiger partial charge in [0.25, 0.3) is 0 Å². The normalized spacial score (nSPS) is 18.7. The fourth-order valence-corrected chi connectivity index (χ4v) is 2.54. The van der Waals surface area contributed by atoms with Crippen LogP contribution in [0.15, 0.2) is 30.3 Å². The van der Waals surface area contributed by atoms with Gasteiger partial charge in [0.2, 0.25) is 0 Å². The van der Waals surface area contributed by atoms with Crippen LogP contribution in [0, 0.1) is 5.92 Å². The van der Waals surface area contributed by atoms with Crippen molar-refractivity contribution >= 4 is 17.3 Å². The van der Waals surface area contributed by atoms with Crippen LogP contribution in [0.1, 0.15) is 31.7 Å². The molecule has 0 spiro atoms. The average molecular weight is 288 g/mol. The first-order valence-electron chi connectivity index (χ1n) is 7.21. The Morgan fingerprint density at radius 3 is 2.62 bits per heavy atom. The van der Waals surface area contributed by atoms with Gasteiger partial charge in [0.05, 0.1) is 19.6 Å². The van der Waals surface area contributed by atoms with Crippen molar-refractivity contribution in [3.63, 3.8) is 0 Å². The summed E-state index contributed by atoms with van der Waals surface area (Å²) in [6.07, 6.45) is 3.42. The van der Waals surface area contributed by atoms with Crippen molar-refractivity contribution in [3.8, 4) is 5.75 Å². The molecule has 1 aliphatic carbocycles. The zero-order chi connectivity index (χ0) is 15.2. The molecule has 0 aromatic heterocycles. The lowest BCUT2D eigenvalue weighted by molar-refractivity contribution is -0.146. The molecule has 112 valence electrons. The van der Waals surface area contributed by atoms with E-state index >= 15 is 0 Å². The van der Waals surface area contributed by atoms with Gasteiger partial charge in [-0.1, -0.05) is 12.1 Å². The predicted octanol–water partition coefficient (Wildman–Crippen LogP) is 3.01. The first kappa shape index (κ1) is 15.3. The zero-order valence-electron chi connectivity index (χ0n) is 12.4. The molecular formula is C17H20O4. The van der Waals surface area contributed by atoms with Crippen molar-refractivity contribution in [2.45, 2.75) is 26.2 Å². The van der Waals surface area contributed by atoms with Crippen LogP contribution >= 0.6 is 0 Å². The van der Waals surface area contributed by atoms with Gasteiger partial charge in [-0.15, -0.1) is 0 Å². The number of rotatable bonds is 4. The third-order valence-corrected chi connectivity index (χ3v) is 3.60. The highest BCUT2D eigenvalue weighted by molar-refractivity contribution is 6.01. The van der Waals surface area contributed by atoms with E-state index in [4.69, 9.17) is 9.47 Å². The molecule has 0 N–H and O–H groups in total. The summed E-state index contributed by atoms with van der Waals surface area (Å²) in [6.45, 7) is 2.13. The molecular weight excluding hydrogens is 268 g/mol. The van der Waals surface area contributed by atoms with E-state index in [2.05, 4.69) is 0 Å². The minimum atomic E-state index is -0.371. The molecule has 1 atom stereocenters. The van der Waals surface area contributed by atoms with Crippen molar-refractivity contribution in [2.24, 2.45) is 5.92 Å². The van der Waals surface area contributed by atoms with Crippen LogP contribution in [-0.2, 0) is 14.3 Å². The molecule has 1 aromatic rings. The van der Waals surface area contributed by atoms with Crippen molar-refractivity contribution in [2.75, 3.05) is 13.7 Å². The number of ketones is 1. The lowest BCUT2D eigenvalue weighted by Crippen LogP contribution is -2.19. The lowest BCUT2D eigenvalue weighted by atomic mass is 9.90. The second-order valence-electron chi connectivity index (χ2n) is 4.99. The summed E-state index contributed by atoms with van der Waals surface area (Å²) in [5.41, 5.74) is 1.61. The van der Waals surface area contributed by atoms with Gasteiger partial charge in [-0.2, -0.15) is 0 Å². The van der Waals surface area contributed by atoms with Crippen molar-refractivity contribution in [3.05, 3.63) is 35.9 Å². The van der Waals surface area contributed by atoms with Gasteiger partial charge in [0.15, 0.2) is 5.78 Å². The predicted molar refractivity (Wildman–Crippen MR) is 80.0 cm³/mol. The van der Waals surface area contributed by atoms with Crippen LogP contribution in [0.25, 0.3) is 5.57 Å². The summed E-state index contributed by atoms with van der Waals surface area (Å²) in [7, 11) is 1.60. The Labute approximate surface area is 124 Å². The molecule has 1 aliphatic rings. The molecule has 4 heteroatoms. The molecule has 21 heavy (non-hydrogen) atoms. The number of carbonyl (C=O) groups is 2. The Hall–Kier alpha value is -2.10. The number of allylic oxidation sites excluding steroid dienone is 1. The monoisotopic (exact) mass is 288 g/mol. The number of hydrogen-bond acceptors (Lipinski definition) is 4. The quantitative estimate of drug-likeness (QED) is 0.799. The number of carbonyl (C=O) groups excluding carboxylic acids is 2. The van der Waals surface area contributed by atoms with Crippen LogP contribution in [-0.4, -0.2) is 25.5 Å². The van der Waals surface area contributed by atoms with Crippen molar-refractivity contribution in [1.29, 1.82) is 0 Å². The second-order valence-corrected chi connectivity index (χ2v) is 4.99. The van der Waals surface area contributed by atoms with E-state index in [1.807, 2.05) is 24.3 Å². The van der Waals surface area contributed by atoms with Crippen molar-refractivity contribution < 1.29 is 19.1 Å². The topological polar surface area (TPSA) is 52.6 Å². The standard InChI is InChI=1S/C17H20O4/c1-3-21-17(19)15-6-4-5-13(18)11-16(15)12-7-9-14(20-2)10-8-12/h7-11,15H,3-6H2,1-2H3. The van der Waals surface area contributed by atoms with Gasteiger partial charge >= 0.3 is 5.97 Å². The molecule has 2 rings (SSSR count). The molecule has 0 bridgehead atoms. The number of hydrogen-bond donors (Lipinski definition) is 0. The summed E-state index contributed by atoms with van der Waals surface area (Å²) >= 11 is 0. The molecule has 4 nitrogen and oxygen atoms in total. The Morgan fingerprint density at radius 2 is 2.00 bits per heavy atom. The number of benzene rings is 1. The largest absolute Gasteiger partial charge is 0.497 e. The van der Waals surface area contributed by atoms with E-state index in [1.165, 1.54) is 0 Å². The summed E-state index contributed by atoms with van der Waals surface area (Å²) in [4.78, 5) is 24.0. The molecule has 0 radical (unpaired) electrons. The van der Waals surface area contributed by atoms with Gasteiger partial charge in [0, 0.05) is 6.42 Å². The Balaban J connectivity index is 2.36. The van der Waals surface area contributed by atoms with Gasteiger partial charge in [-0.25, -0.2) is 0 Å². The average Bonchev–Trinajstić information content (AvgIpc) is 2.69. The van der Waals surface area contributed by atoms with Crippen LogP contribution in [0.3, 0.4) is 0 Å². The van der Waals surface area contributed by atoms with Crippen LogP contribution < -0.4 is 4.74 Å². The van der Waals surface area contributed by atoms with Gasteiger partial charge in [-0.05, 0) is 49.1 Å². The molecule has 0 aliphatic heterocycles. The first-order valence-corrected chi connectivity index (χ1v) is 7.21. The van der Waals surface area contributed by atoms with Gasteiger partial charge < -0.3 is 9.47 Å². The van der Waals surface area contributed by atoms with Crippen LogP contribution in [0.4, 0.5) is 0 Å². The Bertz CT molecular complexity index is 542. The minimum Gasteiger partial charge on any atom is -0.497 e. The summed E-state index contributed by atoms with van der Waals surface area (Å²) < 4.78 is 10.3. The maximum Gasteiger partial charge on any atom is 0.313 e. The van der Waals surface area contributed by atoms with Crippen LogP contribution in [0.5, 0.6) is 5.75 Å². The van der Waals surface area contributed by atoms with E-state index in [0.29, 0.717) is 25.9 Å². The molecule has 1 unspecified atom stereocenters. The number of ether oxygens (including phenoxy) is 2. The maximum absolute atomic E-state index is 12.2. The molecule has 0 saturated heterocycles. The van der Waals surface area contributed by atoms with Crippen molar-refractivity contribution in [1.82, 2.24) is 0 Å². The summed E-state index contributed by atoms with van der Waals surface area (Å²) in [5, 5.41) is 0. The first-order chi connectivity index (χ1) is 10.2. The lowest BCUT2D eigenvalue weighted by Gasteiger charge is -2.17. The van der Waals surface area contributed by atoms with E-state index in [1.54, 1.807) is 20.1 Å². The highest BCUT2D eigenvalue weighted by Gasteiger charge is 2.28. The summed E-state index contributed by atoms with van der Waals surface area (Å²) in [5.74, 6) is 0.179. The smallest absolute Gasteiger partial charge is 0.313 e. The molecule has 0 heterocycles. The van der Waals surface area contributed by atoms with Gasteiger partial charge in [-0.3, -0.25) is 9.59 Å². The molecule has 0 amide bonds. The SMILES string of the molecule is CCOC(=O)C1CCCC(=O)C=C1c1ccc(OC)cc1. The molecule has 1 aromatic carbocycles. The number of methoxy groups -OCH3 is 1. The highest BCUT2D eigenvalue weighted by Crippen LogP contribution is 2.32. The second kappa shape index (κ2) is 7.07. The molecule has 0 saturated carbocycles. The van der Waals surface area contributed by atoms with E-state index in [0.717, 1.165) is 16.9 Å². The Morgan fingerprint density at radius 1 is 1.29 bits per heavy atom. The zero-order valence-corrected chi connectivity index (χ0v) is 12.4. The van der Waals surface area contributed by atoms with Gasteiger partial charge in [0.1, 0.15) is 5.75 Å². The summed E-state index contributed by atoms with van der Waals surface area (Å²) in [6, 6.07) is 7.40. The third kappa shape index (κ3) is 3.72. The third-order valence-electron chi connectivity index (χ3n) is 3.60.